The quantitative estimate of drug-likeness (QED) is 0.807. The standard InChI is InChI=1S/C14H17ClF3N/c1-9-4-5-10(7-12(9)15)13(19)6-2-3-11(8-13)14(16,17)18/h4-5,7,11H,2-3,6,8,19H2,1H3. The molecule has 1 aromatic rings. The van der Waals surface area contributed by atoms with Crippen molar-refractivity contribution >= 4 is 11.6 Å². The van der Waals surface area contributed by atoms with Gasteiger partial charge in [-0.2, -0.15) is 13.2 Å². The van der Waals surface area contributed by atoms with E-state index in [1.165, 1.54) is 0 Å². The highest BCUT2D eigenvalue weighted by Gasteiger charge is 2.46. The summed E-state index contributed by atoms with van der Waals surface area (Å²) >= 11 is 6.04. The van der Waals surface area contributed by atoms with E-state index in [-0.39, 0.29) is 12.8 Å². The Morgan fingerprint density at radius 3 is 2.63 bits per heavy atom. The van der Waals surface area contributed by atoms with Crippen molar-refractivity contribution in [1.29, 1.82) is 0 Å². The zero-order valence-corrected chi connectivity index (χ0v) is 11.5. The maximum atomic E-state index is 12.9. The molecule has 1 saturated carbocycles. The van der Waals surface area contributed by atoms with E-state index in [1.807, 2.05) is 13.0 Å². The molecule has 1 fully saturated rings. The third kappa shape index (κ3) is 3.06. The first-order valence-electron chi connectivity index (χ1n) is 6.34. The maximum absolute atomic E-state index is 12.9. The zero-order chi connectivity index (χ0) is 14.3. The van der Waals surface area contributed by atoms with Gasteiger partial charge in [-0.1, -0.05) is 30.2 Å². The molecule has 106 valence electrons. The van der Waals surface area contributed by atoms with Crippen LogP contribution in [0.2, 0.25) is 5.02 Å². The van der Waals surface area contributed by atoms with E-state index in [4.69, 9.17) is 17.3 Å². The summed E-state index contributed by atoms with van der Waals surface area (Å²) < 4.78 is 38.6. The van der Waals surface area contributed by atoms with Crippen LogP contribution in [-0.4, -0.2) is 6.18 Å². The van der Waals surface area contributed by atoms with Gasteiger partial charge in [0, 0.05) is 10.6 Å². The molecule has 2 unspecified atom stereocenters. The largest absolute Gasteiger partial charge is 0.391 e. The summed E-state index contributed by atoms with van der Waals surface area (Å²) in [5.41, 5.74) is 6.91. The van der Waals surface area contributed by atoms with Crippen molar-refractivity contribution in [3.05, 3.63) is 34.3 Å². The summed E-state index contributed by atoms with van der Waals surface area (Å²) in [5, 5.41) is 0.552. The normalized spacial score (nSPS) is 28.4. The van der Waals surface area contributed by atoms with E-state index in [0.29, 0.717) is 23.4 Å². The molecule has 0 amide bonds. The number of aryl methyl sites for hydroxylation is 1. The summed E-state index contributed by atoms with van der Waals surface area (Å²) in [6.07, 6.45) is -3.00. The molecule has 19 heavy (non-hydrogen) atoms. The van der Waals surface area contributed by atoms with Crippen LogP contribution in [0.25, 0.3) is 0 Å². The van der Waals surface area contributed by atoms with Crippen molar-refractivity contribution in [3.8, 4) is 0 Å². The predicted octanol–water partition coefficient (Wildman–Crippen LogP) is 4.55. The molecule has 0 aliphatic heterocycles. The van der Waals surface area contributed by atoms with Crippen molar-refractivity contribution in [3.63, 3.8) is 0 Å². The number of rotatable bonds is 1. The number of halogens is 4. The fourth-order valence-corrected chi connectivity index (χ4v) is 2.93. The molecule has 0 bridgehead atoms. The lowest BCUT2D eigenvalue weighted by atomic mass is 9.72. The average Bonchev–Trinajstić information content (AvgIpc) is 2.31. The Hall–Kier alpha value is -0.740. The van der Waals surface area contributed by atoms with Gasteiger partial charge in [-0.05, 0) is 43.4 Å². The first kappa shape index (κ1) is 14.7. The van der Waals surface area contributed by atoms with Crippen molar-refractivity contribution in [1.82, 2.24) is 0 Å². The molecule has 1 aliphatic carbocycles. The van der Waals surface area contributed by atoms with Crippen molar-refractivity contribution in [2.24, 2.45) is 11.7 Å². The molecule has 2 atom stereocenters. The van der Waals surface area contributed by atoms with Gasteiger partial charge in [-0.25, -0.2) is 0 Å². The summed E-state index contributed by atoms with van der Waals surface area (Å²) in [6.45, 7) is 1.86. The molecule has 0 aromatic heterocycles. The minimum absolute atomic E-state index is 0.0596. The molecule has 0 heterocycles. The highest BCUT2D eigenvalue weighted by atomic mass is 35.5. The Morgan fingerprint density at radius 2 is 2.05 bits per heavy atom. The molecular formula is C14H17ClF3N. The van der Waals surface area contributed by atoms with Gasteiger partial charge in [-0.3, -0.25) is 0 Å². The number of alkyl halides is 3. The number of benzene rings is 1. The molecule has 1 aromatic carbocycles. The van der Waals surface area contributed by atoms with Crippen molar-refractivity contribution in [2.75, 3.05) is 0 Å². The Balaban J connectivity index is 2.28. The molecule has 0 saturated heterocycles. The molecule has 1 aliphatic rings. The van der Waals surface area contributed by atoms with E-state index in [2.05, 4.69) is 0 Å². The summed E-state index contributed by atoms with van der Waals surface area (Å²) in [4.78, 5) is 0. The first-order valence-corrected chi connectivity index (χ1v) is 6.72. The van der Waals surface area contributed by atoms with Crippen LogP contribution in [0.3, 0.4) is 0 Å². The first-order chi connectivity index (χ1) is 8.72. The molecule has 0 radical (unpaired) electrons. The van der Waals surface area contributed by atoms with Crippen LogP contribution in [0.4, 0.5) is 13.2 Å². The highest BCUT2D eigenvalue weighted by Crippen LogP contribution is 2.45. The maximum Gasteiger partial charge on any atom is 0.391 e. The smallest absolute Gasteiger partial charge is 0.321 e. The monoisotopic (exact) mass is 291 g/mol. The lowest BCUT2D eigenvalue weighted by molar-refractivity contribution is -0.187. The van der Waals surface area contributed by atoms with Gasteiger partial charge in [0.2, 0.25) is 0 Å². The fourth-order valence-electron chi connectivity index (χ4n) is 2.75. The fraction of sp³-hybridized carbons (Fsp3) is 0.571. The molecule has 0 spiro atoms. The van der Waals surface area contributed by atoms with E-state index < -0.39 is 17.6 Å². The van der Waals surface area contributed by atoms with Crippen LogP contribution in [-0.2, 0) is 5.54 Å². The number of hydrogen-bond acceptors (Lipinski definition) is 1. The topological polar surface area (TPSA) is 26.0 Å². The lowest BCUT2D eigenvalue weighted by Gasteiger charge is -2.39. The molecule has 2 rings (SSSR count). The van der Waals surface area contributed by atoms with E-state index in [9.17, 15) is 13.2 Å². The second kappa shape index (κ2) is 4.98. The Labute approximate surface area is 115 Å². The Bertz CT molecular complexity index is 472. The SMILES string of the molecule is Cc1ccc(C2(N)CCCC(C(F)(F)F)C2)cc1Cl. The molecule has 5 heteroatoms. The van der Waals surface area contributed by atoms with Gasteiger partial charge in [0.25, 0.3) is 0 Å². The summed E-state index contributed by atoms with van der Waals surface area (Å²) in [6, 6.07) is 5.30. The average molecular weight is 292 g/mol. The minimum Gasteiger partial charge on any atom is -0.321 e. The number of hydrogen-bond donors (Lipinski definition) is 1. The second-order valence-electron chi connectivity index (χ2n) is 5.45. The third-order valence-corrected chi connectivity index (χ3v) is 4.40. The minimum atomic E-state index is -4.17. The Kier molecular flexibility index (Phi) is 3.85. The zero-order valence-electron chi connectivity index (χ0n) is 10.7. The van der Waals surface area contributed by atoms with Gasteiger partial charge in [0.05, 0.1) is 5.92 Å². The Morgan fingerprint density at radius 1 is 1.37 bits per heavy atom. The summed E-state index contributed by atoms with van der Waals surface area (Å²) in [5.74, 6) is -1.31. The van der Waals surface area contributed by atoms with Crippen LogP contribution < -0.4 is 5.73 Å². The van der Waals surface area contributed by atoms with Gasteiger partial charge in [0.15, 0.2) is 0 Å². The van der Waals surface area contributed by atoms with Crippen molar-refractivity contribution in [2.45, 2.75) is 44.3 Å². The summed E-state index contributed by atoms with van der Waals surface area (Å²) in [7, 11) is 0. The van der Waals surface area contributed by atoms with Gasteiger partial charge < -0.3 is 5.73 Å². The molecule has 1 nitrogen and oxygen atoms in total. The molecular weight excluding hydrogens is 275 g/mol. The van der Waals surface area contributed by atoms with Crippen LogP contribution in [0.1, 0.15) is 36.8 Å². The van der Waals surface area contributed by atoms with E-state index in [1.54, 1.807) is 12.1 Å². The van der Waals surface area contributed by atoms with Gasteiger partial charge in [-0.15, -0.1) is 0 Å². The van der Waals surface area contributed by atoms with Gasteiger partial charge >= 0.3 is 6.18 Å². The van der Waals surface area contributed by atoms with Crippen LogP contribution >= 0.6 is 11.6 Å². The van der Waals surface area contributed by atoms with Crippen molar-refractivity contribution < 1.29 is 13.2 Å². The van der Waals surface area contributed by atoms with Crippen LogP contribution in [0, 0.1) is 12.8 Å². The van der Waals surface area contributed by atoms with Gasteiger partial charge in [0.1, 0.15) is 0 Å². The third-order valence-electron chi connectivity index (χ3n) is 4.00. The van der Waals surface area contributed by atoms with Crippen LogP contribution in [0.15, 0.2) is 18.2 Å². The second-order valence-corrected chi connectivity index (χ2v) is 5.86. The molecule has 2 N–H and O–H groups in total. The highest BCUT2D eigenvalue weighted by molar-refractivity contribution is 6.31. The lowest BCUT2D eigenvalue weighted by Crippen LogP contribution is -2.44. The number of nitrogens with two attached hydrogens (primary N) is 1. The van der Waals surface area contributed by atoms with E-state index >= 15 is 0 Å². The predicted molar refractivity (Wildman–Crippen MR) is 70.1 cm³/mol. The van der Waals surface area contributed by atoms with Crippen LogP contribution in [0.5, 0.6) is 0 Å². The van der Waals surface area contributed by atoms with E-state index in [0.717, 1.165) is 5.56 Å².